The van der Waals surface area contributed by atoms with Crippen LogP contribution in [0, 0.1) is 0 Å². The van der Waals surface area contributed by atoms with Crippen molar-refractivity contribution in [2.45, 2.75) is 51.3 Å². The van der Waals surface area contributed by atoms with E-state index in [4.69, 9.17) is 10.5 Å². The first-order valence-corrected chi connectivity index (χ1v) is 9.45. The molecule has 0 aromatic carbocycles. The van der Waals surface area contributed by atoms with Crippen LogP contribution in [0.1, 0.15) is 33.6 Å². The maximum Gasteiger partial charge on any atom is 0.407 e. The Kier molecular flexibility index (Phi) is 6.64. The van der Waals surface area contributed by atoms with Crippen molar-refractivity contribution >= 4 is 15.9 Å². The summed E-state index contributed by atoms with van der Waals surface area (Å²) in [5.41, 5.74) is 5.27. The lowest BCUT2D eigenvalue weighted by atomic mass is 10.1. The van der Waals surface area contributed by atoms with Gasteiger partial charge in [-0.15, -0.1) is 0 Å². The van der Waals surface area contributed by atoms with Crippen LogP contribution in [0.2, 0.25) is 0 Å². The van der Waals surface area contributed by atoms with Crippen molar-refractivity contribution in [3.05, 3.63) is 0 Å². The number of ether oxygens (including phenoxy) is 1. The van der Waals surface area contributed by atoms with Crippen molar-refractivity contribution in [3.63, 3.8) is 0 Å². The van der Waals surface area contributed by atoms with Gasteiger partial charge in [0.2, 0.25) is 0 Å². The second-order valence-electron chi connectivity index (χ2n) is 6.83. The third-order valence-electron chi connectivity index (χ3n) is 3.78. The summed E-state index contributed by atoms with van der Waals surface area (Å²) in [4.78, 5) is 13.6. The summed E-state index contributed by atoms with van der Waals surface area (Å²) in [5, 5.41) is 2.70. The van der Waals surface area contributed by atoms with Gasteiger partial charge in [0.25, 0.3) is 0 Å². The number of sulfone groups is 1. The summed E-state index contributed by atoms with van der Waals surface area (Å²) in [6.45, 7) is 6.29. The lowest BCUT2D eigenvalue weighted by molar-refractivity contribution is 0.0521. The topological polar surface area (TPSA) is 102 Å². The van der Waals surface area contributed by atoms with Gasteiger partial charge in [-0.05, 0) is 40.7 Å². The molecule has 1 amide bonds. The summed E-state index contributed by atoms with van der Waals surface area (Å²) < 4.78 is 28.3. The predicted octanol–water partition coefficient (Wildman–Crippen LogP) is 0.347. The molecule has 1 rings (SSSR count). The zero-order chi connectivity index (χ0) is 17.0. The molecule has 0 aliphatic carbocycles. The summed E-state index contributed by atoms with van der Waals surface area (Å²) >= 11 is 0. The largest absolute Gasteiger partial charge is 0.444 e. The Morgan fingerprint density at radius 1 is 1.45 bits per heavy atom. The Balaban J connectivity index is 2.40. The smallest absolute Gasteiger partial charge is 0.407 e. The van der Waals surface area contributed by atoms with Crippen LogP contribution in [0.25, 0.3) is 0 Å². The number of rotatable bonds is 6. The average Bonchev–Trinajstić information content (AvgIpc) is 2.72. The fourth-order valence-corrected chi connectivity index (χ4v) is 4.32. The molecule has 0 bridgehead atoms. The SMILES string of the molecule is CN(C(CN)CCNC(=O)OC(C)(C)C)C1CCS(=O)(=O)C1. The molecule has 1 aliphatic rings. The number of nitrogens with one attached hydrogen (secondary N) is 1. The van der Waals surface area contributed by atoms with E-state index in [1.54, 1.807) is 0 Å². The lowest BCUT2D eigenvalue weighted by Crippen LogP contribution is -2.46. The number of alkyl carbamates (subject to hydrolysis) is 1. The van der Waals surface area contributed by atoms with Gasteiger partial charge in [-0.3, -0.25) is 4.90 Å². The molecule has 2 atom stereocenters. The molecule has 1 aliphatic heterocycles. The molecule has 0 saturated carbocycles. The number of amides is 1. The second-order valence-corrected chi connectivity index (χ2v) is 9.06. The maximum atomic E-state index is 11.6. The van der Waals surface area contributed by atoms with Gasteiger partial charge in [0.15, 0.2) is 9.84 Å². The van der Waals surface area contributed by atoms with E-state index in [9.17, 15) is 13.2 Å². The number of carbonyl (C=O) groups excluding carboxylic acids is 1. The molecule has 1 fully saturated rings. The van der Waals surface area contributed by atoms with Gasteiger partial charge in [0.05, 0.1) is 11.5 Å². The van der Waals surface area contributed by atoms with Crippen molar-refractivity contribution in [2.24, 2.45) is 5.73 Å². The molecule has 0 aromatic heterocycles. The standard InChI is InChI=1S/C14H29N3O4S/c1-14(2,3)21-13(18)16-7-5-11(9-15)17(4)12-6-8-22(19,20)10-12/h11-12H,5-10,15H2,1-4H3,(H,16,18). The first-order valence-electron chi connectivity index (χ1n) is 7.63. The first kappa shape index (κ1) is 19.2. The van der Waals surface area contributed by atoms with E-state index in [-0.39, 0.29) is 23.6 Å². The van der Waals surface area contributed by atoms with Crippen LogP contribution in [-0.4, -0.2) is 68.7 Å². The highest BCUT2D eigenvalue weighted by Gasteiger charge is 2.33. The third-order valence-corrected chi connectivity index (χ3v) is 5.53. The minimum Gasteiger partial charge on any atom is -0.444 e. The molecule has 130 valence electrons. The Morgan fingerprint density at radius 2 is 2.09 bits per heavy atom. The molecule has 8 heteroatoms. The van der Waals surface area contributed by atoms with Crippen molar-refractivity contribution in [1.82, 2.24) is 10.2 Å². The van der Waals surface area contributed by atoms with E-state index in [1.807, 2.05) is 32.7 Å². The van der Waals surface area contributed by atoms with Crippen LogP contribution in [0.15, 0.2) is 0 Å². The van der Waals surface area contributed by atoms with Gasteiger partial charge in [0, 0.05) is 25.2 Å². The molecule has 1 saturated heterocycles. The average molecular weight is 335 g/mol. The number of nitrogens with two attached hydrogens (primary N) is 1. The van der Waals surface area contributed by atoms with Gasteiger partial charge in [-0.25, -0.2) is 13.2 Å². The van der Waals surface area contributed by atoms with Crippen LogP contribution in [-0.2, 0) is 14.6 Å². The van der Waals surface area contributed by atoms with Crippen molar-refractivity contribution in [3.8, 4) is 0 Å². The Labute approximate surface area is 133 Å². The third kappa shape index (κ3) is 6.50. The highest BCUT2D eigenvalue weighted by molar-refractivity contribution is 7.91. The van der Waals surface area contributed by atoms with Gasteiger partial charge < -0.3 is 15.8 Å². The van der Waals surface area contributed by atoms with Crippen molar-refractivity contribution < 1.29 is 17.9 Å². The van der Waals surface area contributed by atoms with Crippen LogP contribution in [0.5, 0.6) is 0 Å². The van der Waals surface area contributed by atoms with E-state index in [2.05, 4.69) is 5.32 Å². The van der Waals surface area contributed by atoms with Crippen LogP contribution in [0.4, 0.5) is 4.79 Å². The summed E-state index contributed by atoms with van der Waals surface area (Å²) in [5.74, 6) is 0.439. The lowest BCUT2D eigenvalue weighted by Gasteiger charge is -2.31. The summed E-state index contributed by atoms with van der Waals surface area (Å²) in [6, 6.07) is 0.0494. The molecular weight excluding hydrogens is 306 g/mol. The van der Waals surface area contributed by atoms with Gasteiger partial charge in [-0.2, -0.15) is 0 Å². The molecule has 2 unspecified atom stereocenters. The molecule has 3 N–H and O–H groups in total. The highest BCUT2D eigenvalue weighted by atomic mass is 32.2. The van der Waals surface area contributed by atoms with E-state index >= 15 is 0 Å². The molecule has 1 heterocycles. The predicted molar refractivity (Wildman–Crippen MR) is 86.5 cm³/mol. The van der Waals surface area contributed by atoms with Crippen molar-refractivity contribution in [1.29, 1.82) is 0 Å². The Morgan fingerprint density at radius 3 is 2.55 bits per heavy atom. The Hall–Kier alpha value is -0.860. The monoisotopic (exact) mass is 335 g/mol. The molecule has 7 nitrogen and oxygen atoms in total. The maximum absolute atomic E-state index is 11.6. The quantitative estimate of drug-likeness (QED) is 0.726. The fourth-order valence-electron chi connectivity index (χ4n) is 2.54. The minimum atomic E-state index is -2.91. The number of hydrogen-bond acceptors (Lipinski definition) is 6. The molecule has 0 radical (unpaired) electrons. The zero-order valence-corrected chi connectivity index (χ0v) is 14.8. The van der Waals surface area contributed by atoms with E-state index in [0.29, 0.717) is 25.9 Å². The second kappa shape index (κ2) is 7.61. The van der Waals surface area contributed by atoms with Gasteiger partial charge in [0.1, 0.15) is 5.60 Å². The minimum absolute atomic E-state index is 0.0140. The number of likely N-dealkylation sites (N-methyl/N-ethyl adjacent to an activating group) is 1. The van der Waals surface area contributed by atoms with Gasteiger partial charge >= 0.3 is 6.09 Å². The van der Waals surface area contributed by atoms with Crippen LogP contribution < -0.4 is 11.1 Å². The zero-order valence-electron chi connectivity index (χ0n) is 14.0. The molecular formula is C14H29N3O4S. The first-order chi connectivity index (χ1) is 10.0. The summed E-state index contributed by atoms with van der Waals surface area (Å²) in [7, 11) is -1.01. The van der Waals surface area contributed by atoms with E-state index < -0.39 is 21.5 Å². The highest BCUT2D eigenvalue weighted by Crippen LogP contribution is 2.19. The Bertz CT molecular complexity index is 473. The van der Waals surface area contributed by atoms with E-state index in [1.165, 1.54) is 0 Å². The van der Waals surface area contributed by atoms with E-state index in [0.717, 1.165) is 0 Å². The molecule has 0 aromatic rings. The normalized spacial score (nSPS) is 22.5. The molecule has 22 heavy (non-hydrogen) atoms. The number of nitrogens with zero attached hydrogens (tertiary/aromatic N) is 1. The number of carbonyl (C=O) groups is 1. The van der Waals surface area contributed by atoms with Crippen LogP contribution in [0.3, 0.4) is 0 Å². The molecule has 0 spiro atoms. The van der Waals surface area contributed by atoms with Gasteiger partial charge in [-0.1, -0.05) is 0 Å². The summed E-state index contributed by atoms with van der Waals surface area (Å²) in [6.07, 6.45) is 0.854. The number of hydrogen-bond donors (Lipinski definition) is 2. The van der Waals surface area contributed by atoms with Crippen molar-refractivity contribution in [2.75, 3.05) is 31.6 Å². The van der Waals surface area contributed by atoms with Crippen LogP contribution >= 0.6 is 0 Å². The fraction of sp³-hybridized carbons (Fsp3) is 0.929.